The fourth-order valence-electron chi connectivity index (χ4n) is 7.37. The number of benzene rings is 1. The van der Waals surface area contributed by atoms with Gasteiger partial charge in [-0.05, 0) is 48.3 Å². The minimum Gasteiger partial charge on any atom is -0.444 e. The van der Waals surface area contributed by atoms with Crippen LogP contribution < -0.4 is 44.0 Å². The van der Waals surface area contributed by atoms with Crippen molar-refractivity contribution in [1.82, 2.24) is 39.7 Å². The number of phosphoric acid groups is 1. The molecule has 5 amide bonds. The maximum absolute atomic E-state index is 16.4. The molecule has 0 spiro atoms. The maximum Gasteiger partial charge on any atom is 0.472 e. The summed E-state index contributed by atoms with van der Waals surface area (Å²) in [5.41, 5.74) is 9.85. The predicted molar refractivity (Wildman–Crippen MR) is 243 cm³/mol. The molecule has 6 heterocycles. The number of fused-ring (bicyclic) bond motifs is 3. The van der Waals surface area contributed by atoms with Crippen molar-refractivity contribution in [2.45, 2.75) is 94.6 Å². The first kappa shape index (κ1) is 53.1. The van der Waals surface area contributed by atoms with Crippen molar-refractivity contribution in [3.63, 3.8) is 0 Å². The Hall–Kier alpha value is -5.69. The van der Waals surface area contributed by atoms with E-state index in [-0.39, 0.29) is 42.5 Å². The average Bonchev–Trinajstić information content (AvgIpc) is 3.97. The van der Waals surface area contributed by atoms with E-state index in [2.05, 4.69) is 36.2 Å². The van der Waals surface area contributed by atoms with Gasteiger partial charge in [-0.15, -0.1) is 0 Å². The molecule has 0 radical (unpaired) electrons. The summed E-state index contributed by atoms with van der Waals surface area (Å²) in [7, 11) is -5.27. The number of rotatable bonds is 14. The lowest BCUT2D eigenvalue weighted by Crippen LogP contribution is -2.51. The van der Waals surface area contributed by atoms with Crippen LogP contribution >= 0.6 is 14.5 Å². The molecule has 33 heteroatoms. The molecule has 11 N–H and O–H groups in total. The average molecular weight is 1060 g/mol. The van der Waals surface area contributed by atoms with Crippen molar-refractivity contribution >= 4 is 73.0 Å². The summed E-state index contributed by atoms with van der Waals surface area (Å²) < 4.78 is 85.1. The third kappa shape index (κ3) is 13.1. The standard InChI is InChI=1S/C38H48F2N12O16P2S/c1-17(2)26(41)33(55)48-20(4-3-10-43-36(42)56)32(54)47-19-7-5-18(6-8-19)12-62-38(58)50-30-27-31(45-15-44-30)52(16-46-27)35-24(39)28-22(66-35)14-64-70(61,71)68-29-21(13-63-69(59,60)67-28)65-34(25(29)40)51-11-9-23(53)49-37(51)57/h5-9,11,15-17,20-22,24-26,28-29,34-35H,3-4,10,12-14,41H2,1-2H3,(H,47,54)(H,48,55)(H,59,60)(H,61,71)(H3,42,43,56)(H,49,53,57)(H,44,45,50,58)/t20?,21-,22-,24-,25-,26?,28-,29-,34-,35-,70?/m1/s1. The number of ether oxygens (including phenoxy) is 3. The van der Waals surface area contributed by atoms with E-state index in [0.29, 0.717) is 22.2 Å². The van der Waals surface area contributed by atoms with Gasteiger partial charge in [0.25, 0.3) is 5.56 Å². The molecular weight excluding hydrogens is 1010 g/mol. The highest BCUT2D eigenvalue weighted by molar-refractivity contribution is 8.07. The molecule has 3 aliphatic heterocycles. The first-order valence-electron chi connectivity index (χ1n) is 21.4. The number of urea groups is 1. The second kappa shape index (κ2) is 22.4. The van der Waals surface area contributed by atoms with Gasteiger partial charge < -0.3 is 55.9 Å². The van der Waals surface area contributed by atoms with Gasteiger partial charge in [0, 0.05) is 24.5 Å². The van der Waals surface area contributed by atoms with Crippen molar-refractivity contribution in [3.05, 3.63) is 75.6 Å². The number of hydrogen-bond acceptors (Lipinski definition) is 19. The Labute approximate surface area is 404 Å². The zero-order valence-corrected chi connectivity index (χ0v) is 39.9. The Balaban J connectivity index is 0.973. The van der Waals surface area contributed by atoms with Gasteiger partial charge in [-0.2, -0.15) is 0 Å². The number of halogens is 2. The molecule has 1 aromatic carbocycles. The maximum atomic E-state index is 16.4. The van der Waals surface area contributed by atoms with Crippen molar-refractivity contribution in [3.8, 4) is 0 Å². The number of nitrogens with one attached hydrogen (secondary N) is 5. The number of aromatic amines is 1. The lowest BCUT2D eigenvalue weighted by molar-refractivity contribution is -0.128. The molecule has 3 aromatic heterocycles. The summed E-state index contributed by atoms with van der Waals surface area (Å²) in [5, 5.41) is 10.2. The van der Waals surface area contributed by atoms with Gasteiger partial charge in [0.15, 0.2) is 41.8 Å². The summed E-state index contributed by atoms with van der Waals surface area (Å²) >= 11 is 5.10. The van der Waals surface area contributed by atoms with Crippen molar-refractivity contribution in [2.24, 2.45) is 17.4 Å². The second-order valence-corrected chi connectivity index (χ2v) is 20.6. The van der Waals surface area contributed by atoms with Crippen LogP contribution in [-0.2, 0) is 64.9 Å². The van der Waals surface area contributed by atoms with Crippen LogP contribution in [0.15, 0.2) is 58.8 Å². The number of nitrogens with two attached hydrogens (primary N) is 2. The normalized spacial score (nSPS) is 28.6. The Bertz CT molecular complexity index is 2830. The molecule has 3 saturated heterocycles. The highest BCUT2D eigenvalue weighted by Crippen LogP contribution is 2.54. The summed E-state index contributed by atoms with van der Waals surface area (Å²) in [6, 6.07) is 4.50. The van der Waals surface area contributed by atoms with E-state index in [1.165, 1.54) is 12.1 Å². The molecule has 3 aliphatic rings. The molecule has 4 unspecified atom stereocenters. The highest BCUT2D eigenvalue weighted by Gasteiger charge is 2.54. The SMILES string of the molecule is CC(C)C(N)C(=O)NC(CCCNC(N)=O)C(=O)Nc1ccc(COC(=O)Nc2ncnc3c2ncn3[C@@H]2O[C@@H]3COP(O)(=S)O[C@H]4[C@@H](F)[C@H](n5ccc(=O)[nH]c5=O)O[C@@H]4COP(=O)(O)O[C@H]3[C@H]2F)cc1. The van der Waals surface area contributed by atoms with Gasteiger partial charge >= 0.3 is 32.4 Å². The van der Waals surface area contributed by atoms with Crippen LogP contribution in [-0.4, -0.2) is 131 Å². The number of nitrogens with zero attached hydrogens (tertiary/aromatic N) is 5. The first-order valence-corrected chi connectivity index (χ1v) is 25.5. The third-order valence-corrected chi connectivity index (χ3v) is 13.6. The van der Waals surface area contributed by atoms with Gasteiger partial charge in [0.1, 0.15) is 43.4 Å². The van der Waals surface area contributed by atoms with E-state index in [4.69, 9.17) is 55.6 Å². The zero-order valence-electron chi connectivity index (χ0n) is 37.3. The number of aromatic nitrogens is 6. The number of imidazole rings is 1. The van der Waals surface area contributed by atoms with Crippen molar-refractivity contribution in [1.29, 1.82) is 0 Å². The zero-order chi connectivity index (χ0) is 51.4. The fraction of sp³-hybridized carbons (Fsp3) is 0.500. The third-order valence-electron chi connectivity index (χ3n) is 11.0. The van der Waals surface area contributed by atoms with Gasteiger partial charge in [-0.1, -0.05) is 26.0 Å². The number of H-pyrrole nitrogens is 1. The number of amides is 5. The molecule has 0 aliphatic carbocycles. The number of phosphoric ester groups is 1. The largest absolute Gasteiger partial charge is 0.472 e. The smallest absolute Gasteiger partial charge is 0.444 e. The quantitative estimate of drug-likeness (QED) is 0.0616. The Morgan fingerprint density at radius 3 is 2.27 bits per heavy atom. The lowest BCUT2D eigenvalue weighted by atomic mass is 10.0. The topological polar surface area (TPSA) is 389 Å². The Morgan fingerprint density at radius 2 is 1.61 bits per heavy atom. The fourth-order valence-corrected chi connectivity index (χ4v) is 9.76. The van der Waals surface area contributed by atoms with E-state index in [0.717, 1.165) is 29.5 Å². The Kier molecular flexibility index (Phi) is 16.7. The van der Waals surface area contributed by atoms with E-state index >= 15 is 8.78 Å². The van der Waals surface area contributed by atoms with Gasteiger partial charge in [0.2, 0.25) is 11.8 Å². The van der Waals surface area contributed by atoms with Gasteiger partial charge in [0.05, 0.1) is 25.6 Å². The number of alkyl halides is 2. The number of carbonyl (C=O) groups is 4. The summed E-state index contributed by atoms with van der Waals surface area (Å²) in [4.78, 5) is 110. The highest BCUT2D eigenvalue weighted by atomic mass is 32.5. The van der Waals surface area contributed by atoms with Crippen LogP contribution in [0.2, 0.25) is 0 Å². The second-order valence-electron chi connectivity index (χ2n) is 16.4. The first-order chi connectivity index (χ1) is 33.6. The van der Waals surface area contributed by atoms with Gasteiger partial charge in [-0.25, -0.2) is 42.7 Å². The van der Waals surface area contributed by atoms with Crippen LogP contribution in [0.3, 0.4) is 0 Å². The molecule has 28 nitrogen and oxygen atoms in total. The summed E-state index contributed by atoms with van der Waals surface area (Å²) in [6.07, 6.45) is -12.8. The monoisotopic (exact) mass is 1060 g/mol. The molecule has 4 aromatic rings. The minimum absolute atomic E-state index is 0.0848. The molecule has 0 bridgehead atoms. The summed E-state index contributed by atoms with van der Waals surface area (Å²) in [6.45, 7) is -2.90. The number of carbonyl (C=O) groups excluding carboxylic acids is 4. The number of anilines is 2. The van der Waals surface area contributed by atoms with E-state index in [9.17, 15) is 43.1 Å². The molecular formula is C38H48F2N12O16P2S. The van der Waals surface area contributed by atoms with Crippen LogP contribution in [0.1, 0.15) is 44.7 Å². The molecule has 71 heavy (non-hydrogen) atoms. The van der Waals surface area contributed by atoms with Crippen LogP contribution in [0.25, 0.3) is 11.2 Å². The van der Waals surface area contributed by atoms with Gasteiger partial charge in [-0.3, -0.25) is 47.4 Å². The molecule has 7 rings (SSSR count). The van der Waals surface area contributed by atoms with E-state index < -0.39 is 124 Å². The van der Waals surface area contributed by atoms with Crippen molar-refractivity contribution < 1.29 is 74.6 Å². The molecule has 3 fully saturated rings. The van der Waals surface area contributed by atoms with Crippen LogP contribution in [0, 0.1) is 5.92 Å². The van der Waals surface area contributed by atoms with E-state index in [1.807, 2.05) is 4.98 Å². The Morgan fingerprint density at radius 1 is 0.944 bits per heavy atom. The molecule has 386 valence electrons. The number of primary amides is 1. The molecule has 0 saturated carbocycles. The predicted octanol–water partition coefficient (Wildman–Crippen LogP) is 0.586. The van der Waals surface area contributed by atoms with E-state index in [1.54, 1.807) is 26.0 Å². The lowest BCUT2D eigenvalue weighted by Gasteiger charge is -2.28. The van der Waals surface area contributed by atoms with Crippen LogP contribution in [0.4, 0.5) is 29.9 Å². The summed E-state index contributed by atoms with van der Waals surface area (Å²) in [5.74, 6) is -1.46. The molecule has 12 atom stereocenters. The minimum atomic E-state index is -5.27. The van der Waals surface area contributed by atoms with Crippen molar-refractivity contribution in [2.75, 3.05) is 30.4 Å². The number of hydrogen-bond donors (Lipinski definition) is 9. The van der Waals surface area contributed by atoms with Crippen LogP contribution in [0.5, 0.6) is 0 Å².